The van der Waals surface area contributed by atoms with Gasteiger partial charge in [0.2, 0.25) is 0 Å². The summed E-state index contributed by atoms with van der Waals surface area (Å²) < 4.78 is 5.54. The molecule has 2 unspecified atom stereocenters. The molecule has 1 aromatic rings. The van der Waals surface area contributed by atoms with Crippen LogP contribution in [-0.2, 0) is 4.79 Å². The molecule has 2 atom stereocenters. The predicted molar refractivity (Wildman–Crippen MR) is 67.6 cm³/mol. The van der Waals surface area contributed by atoms with Crippen molar-refractivity contribution in [1.29, 1.82) is 0 Å². The summed E-state index contributed by atoms with van der Waals surface area (Å²) in [7, 11) is 0. The quantitative estimate of drug-likeness (QED) is 0.751. The molecule has 0 heterocycles. The molecule has 0 spiro atoms. The second kappa shape index (κ2) is 6.91. The molecule has 1 rings (SSSR count). The van der Waals surface area contributed by atoms with Crippen molar-refractivity contribution in [3.05, 3.63) is 30.3 Å². The third-order valence-corrected chi connectivity index (χ3v) is 2.46. The number of hydrogen-bond acceptors (Lipinski definition) is 3. The van der Waals surface area contributed by atoms with Crippen molar-refractivity contribution < 1.29 is 9.53 Å². The van der Waals surface area contributed by atoms with Crippen molar-refractivity contribution in [2.24, 2.45) is 11.5 Å². The third-order valence-electron chi connectivity index (χ3n) is 2.46. The SMILES string of the molecule is CC(N)CCCC(Oc1ccccc1)C(N)=O. The molecule has 0 aliphatic carbocycles. The number of rotatable bonds is 7. The molecule has 1 amide bonds. The first-order chi connectivity index (χ1) is 8.09. The summed E-state index contributed by atoms with van der Waals surface area (Å²) in [6.45, 7) is 1.94. The number of para-hydroxylation sites is 1. The molecular formula is C13H20N2O2. The fourth-order valence-electron chi connectivity index (χ4n) is 1.55. The van der Waals surface area contributed by atoms with Crippen molar-refractivity contribution in [3.8, 4) is 5.75 Å². The number of ether oxygens (including phenoxy) is 1. The molecule has 0 saturated carbocycles. The maximum atomic E-state index is 11.2. The fourth-order valence-corrected chi connectivity index (χ4v) is 1.55. The van der Waals surface area contributed by atoms with E-state index in [9.17, 15) is 4.79 Å². The molecular weight excluding hydrogens is 216 g/mol. The maximum absolute atomic E-state index is 11.2. The van der Waals surface area contributed by atoms with Crippen LogP contribution in [0.5, 0.6) is 5.75 Å². The van der Waals surface area contributed by atoms with E-state index in [1.165, 1.54) is 0 Å². The molecule has 1 aromatic carbocycles. The first kappa shape index (κ1) is 13.5. The molecule has 4 N–H and O–H groups in total. The average Bonchev–Trinajstić information content (AvgIpc) is 2.28. The van der Waals surface area contributed by atoms with Gasteiger partial charge in [0, 0.05) is 6.04 Å². The van der Waals surface area contributed by atoms with E-state index in [2.05, 4.69) is 0 Å². The number of amides is 1. The summed E-state index contributed by atoms with van der Waals surface area (Å²) in [5, 5.41) is 0. The van der Waals surface area contributed by atoms with Gasteiger partial charge < -0.3 is 16.2 Å². The van der Waals surface area contributed by atoms with E-state index < -0.39 is 12.0 Å². The van der Waals surface area contributed by atoms with Gasteiger partial charge in [0.25, 0.3) is 5.91 Å². The number of carbonyl (C=O) groups excluding carboxylic acids is 1. The topological polar surface area (TPSA) is 78.3 Å². The van der Waals surface area contributed by atoms with Crippen LogP contribution in [0, 0.1) is 0 Å². The lowest BCUT2D eigenvalue weighted by atomic mass is 10.1. The van der Waals surface area contributed by atoms with Gasteiger partial charge in [-0.15, -0.1) is 0 Å². The molecule has 0 aliphatic rings. The van der Waals surface area contributed by atoms with Gasteiger partial charge in [-0.25, -0.2) is 0 Å². The summed E-state index contributed by atoms with van der Waals surface area (Å²) in [5.41, 5.74) is 11.0. The number of primary amides is 1. The molecule has 0 fully saturated rings. The zero-order valence-electron chi connectivity index (χ0n) is 10.1. The lowest BCUT2D eigenvalue weighted by Gasteiger charge is -2.16. The van der Waals surface area contributed by atoms with Crippen LogP contribution in [0.3, 0.4) is 0 Å². The van der Waals surface area contributed by atoms with E-state index in [-0.39, 0.29) is 6.04 Å². The van der Waals surface area contributed by atoms with Gasteiger partial charge in [-0.05, 0) is 38.3 Å². The fraction of sp³-hybridized carbons (Fsp3) is 0.462. The van der Waals surface area contributed by atoms with Gasteiger partial charge in [0.15, 0.2) is 6.10 Å². The molecule has 94 valence electrons. The van der Waals surface area contributed by atoms with Crippen LogP contribution in [0.1, 0.15) is 26.2 Å². The second-order valence-corrected chi connectivity index (χ2v) is 4.23. The number of benzene rings is 1. The first-order valence-corrected chi connectivity index (χ1v) is 5.86. The van der Waals surface area contributed by atoms with Crippen molar-refractivity contribution >= 4 is 5.91 Å². The van der Waals surface area contributed by atoms with E-state index in [1.54, 1.807) is 0 Å². The smallest absolute Gasteiger partial charge is 0.258 e. The minimum Gasteiger partial charge on any atom is -0.481 e. The van der Waals surface area contributed by atoms with Gasteiger partial charge in [0.1, 0.15) is 5.75 Å². The minimum absolute atomic E-state index is 0.139. The Bertz CT molecular complexity index is 339. The molecule has 0 saturated heterocycles. The molecule has 0 aliphatic heterocycles. The molecule has 0 bridgehead atoms. The molecule has 0 radical (unpaired) electrons. The lowest BCUT2D eigenvalue weighted by Crippen LogP contribution is -2.34. The third kappa shape index (κ3) is 5.36. The van der Waals surface area contributed by atoms with Crippen LogP contribution in [0.15, 0.2) is 30.3 Å². The van der Waals surface area contributed by atoms with Gasteiger partial charge >= 0.3 is 0 Å². The summed E-state index contributed by atoms with van der Waals surface area (Å²) in [4.78, 5) is 11.2. The molecule has 0 aromatic heterocycles. The van der Waals surface area contributed by atoms with Crippen LogP contribution < -0.4 is 16.2 Å². The van der Waals surface area contributed by atoms with Crippen LogP contribution in [-0.4, -0.2) is 18.1 Å². The monoisotopic (exact) mass is 236 g/mol. The Hall–Kier alpha value is -1.55. The second-order valence-electron chi connectivity index (χ2n) is 4.23. The lowest BCUT2D eigenvalue weighted by molar-refractivity contribution is -0.125. The molecule has 4 nitrogen and oxygen atoms in total. The Kier molecular flexibility index (Phi) is 5.49. The highest BCUT2D eigenvalue weighted by atomic mass is 16.5. The normalized spacial score (nSPS) is 14.0. The molecule has 17 heavy (non-hydrogen) atoms. The number of carbonyl (C=O) groups is 1. The highest BCUT2D eigenvalue weighted by molar-refractivity contribution is 5.79. The van der Waals surface area contributed by atoms with Gasteiger partial charge in [-0.3, -0.25) is 4.79 Å². The highest BCUT2D eigenvalue weighted by Gasteiger charge is 2.16. The molecule has 4 heteroatoms. The van der Waals surface area contributed by atoms with Crippen LogP contribution in [0.2, 0.25) is 0 Å². The summed E-state index contributed by atoms with van der Waals surface area (Å²) >= 11 is 0. The van der Waals surface area contributed by atoms with Gasteiger partial charge in [0.05, 0.1) is 0 Å². The Morgan fingerprint density at radius 3 is 2.47 bits per heavy atom. The predicted octanol–water partition coefficient (Wildman–Crippen LogP) is 1.44. The van der Waals surface area contributed by atoms with Gasteiger partial charge in [-0.1, -0.05) is 18.2 Å². The van der Waals surface area contributed by atoms with E-state index in [0.29, 0.717) is 12.2 Å². The van der Waals surface area contributed by atoms with E-state index in [0.717, 1.165) is 12.8 Å². The maximum Gasteiger partial charge on any atom is 0.258 e. The van der Waals surface area contributed by atoms with Crippen LogP contribution in [0.25, 0.3) is 0 Å². The largest absolute Gasteiger partial charge is 0.481 e. The summed E-state index contributed by atoms with van der Waals surface area (Å²) in [6, 6.07) is 9.36. The highest BCUT2D eigenvalue weighted by Crippen LogP contribution is 2.14. The zero-order chi connectivity index (χ0) is 12.7. The van der Waals surface area contributed by atoms with E-state index in [4.69, 9.17) is 16.2 Å². The Morgan fingerprint density at radius 1 is 1.29 bits per heavy atom. The summed E-state index contributed by atoms with van der Waals surface area (Å²) in [5.74, 6) is 0.232. The number of hydrogen-bond donors (Lipinski definition) is 2. The van der Waals surface area contributed by atoms with Crippen molar-refractivity contribution in [1.82, 2.24) is 0 Å². The Balaban J connectivity index is 2.47. The van der Waals surface area contributed by atoms with Crippen LogP contribution in [0.4, 0.5) is 0 Å². The summed E-state index contributed by atoms with van der Waals surface area (Å²) in [6.07, 6.45) is 1.72. The van der Waals surface area contributed by atoms with E-state index >= 15 is 0 Å². The van der Waals surface area contributed by atoms with Crippen molar-refractivity contribution in [3.63, 3.8) is 0 Å². The van der Waals surface area contributed by atoms with E-state index in [1.807, 2.05) is 37.3 Å². The van der Waals surface area contributed by atoms with Gasteiger partial charge in [-0.2, -0.15) is 0 Å². The minimum atomic E-state index is -0.573. The van der Waals surface area contributed by atoms with Crippen LogP contribution >= 0.6 is 0 Å². The standard InChI is InChI=1S/C13H20N2O2/c1-10(14)6-5-9-12(13(15)16)17-11-7-3-2-4-8-11/h2-4,7-8,10,12H,5-6,9,14H2,1H3,(H2,15,16). The Labute approximate surface area is 102 Å². The Morgan fingerprint density at radius 2 is 1.94 bits per heavy atom. The van der Waals surface area contributed by atoms with Crippen molar-refractivity contribution in [2.75, 3.05) is 0 Å². The number of nitrogens with two attached hydrogens (primary N) is 2. The zero-order valence-corrected chi connectivity index (χ0v) is 10.1. The first-order valence-electron chi connectivity index (χ1n) is 5.86. The average molecular weight is 236 g/mol. The van der Waals surface area contributed by atoms with Crippen molar-refractivity contribution in [2.45, 2.75) is 38.3 Å².